The van der Waals surface area contributed by atoms with E-state index in [9.17, 15) is 32.7 Å². The lowest BCUT2D eigenvalue weighted by Crippen LogP contribution is -2.51. The Kier molecular flexibility index (Phi) is 11.7. The molecule has 0 aromatic heterocycles. The van der Waals surface area contributed by atoms with Crippen molar-refractivity contribution in [3.63, 3.8) is 0 Å². The molecule has 0 aliphatic carbocycles. The van der Waals surface area contributed by atoms with Crippen LogP contribution in [0.1, 0.15) is 37.0 Å². The number of rotatable bonds is 11. The fraction of sp³-hybridized carbons (Fsp3) is 0.382. The van der Waals surface area contributed by atoms with Crippen molar-refractivity contribution in [1.82, 2.24) is 16.0 Å². The summed E-state index contributed by atoms with van der Waals surface area (Å²) in [6.07, 6.45) is -6.33. The fourth-order valence-electron chi connectivity index (χ4n) is 5.19. The lowest BCUT2D eigenvalue weighted by atomic mass is 10.0. The molecule has 258 valence electrons. The average molecular weight is 672 g/mol. The number of hydrogen-bond donors (Lipinski definition) is 6. The van der Waals surface area contributed by atoms with Crippen molar-refractivity contribution >= 4 is 29.4 Å². The van der Waals surface area contributed by atoms with E-state index >= 15 is 0 Å². The van der Waals surface area contributed by atoms with Gasteiger partial charge in [0.15, 0.2) is 0 Å². The van der Waals surface area contributed by atoms with Gasteiger partial charge in [-0.25, -0.2) is 9.59 Å². The van der Waals surface area contributed by atoms with Gasteiger partial charge in [-0.15, -0.1) is 0 Å². The molecule has 3 aromatic rings. The number of ether oxygens (including phenoxy) is 1. The van der Waals surface area contributed by atoms with Crippen LogP contribution in [0, 0.1) is 0 Å². The third-order valence-electron chi connectivity index (χ3n) is 7.86. The number of carbonyl (C=O) groups is 3. The number of hydrogen-bond acceptors (Lipinski definition) is 7. The molecule has 0 saturated carbocycles. The van der Waals surface area contributed by atoms with Gasteiger partial charge in [0.1, 0.15) is 12.6 Å². The van der Waals surface area contributed by atoms with Crippen molar-refractivity contribution in [2.45, 2.75) is 57.1 Å². The molecule has 0 saturated heterocycles. The molecule has 1 heterocycles. The minimum Gasteiger partial charge on any atom is -0.448 e. The van der Waals surface area contributed by atoms with E-state index in [0.29, 0.717) is 22.5 Å². The van der Waals surface area contributed by atoms with Gasteiger partial charge in [0, 0.05) is 30.4 Å². The van der Waals surface area contributed by atoms with Crippen LogP contribution in [-0.2, 0) is 28.7 Å². The summed E-state index contributed by atoms with van der Waals surface area (Å²) in [4.78, 5) is 40.0. The molecule has 2 atom stereocenters. The van der Waals surface area contributed by atoms with Gasteiger partial charge in [-0.05, 0) is 67.6 Å². The van der Waals surface area contributed by atoms with E-state index in [1.165, 1.54) is 18.0 Å². The maximum Gasteiger partial charge on any atom is 0.416 e. The number of nitrogens with zero attached hydrogens (tertiary/aromatic N) is 1. The first-order valence-electron chi connectivity index (χ1n) is 15.4. The zero-order valence-electron chi connectivity index (χ0n) is 26.9. The zero-order valence-corrected chi connectivity index (χ0v) is 26.9. The topological polar surface area (TPSA) is 152 Å². The van der Waals surface area contributed by atoms with Crippen LogP contribution >= 0.6 is 0 Å². The first-order chi connectivity index (χ1) is 22.7. The Morgan fingerprint density at radius 3 is 2.44 bits per heavy atom. The SMILES string of the molecule is CNC(=O)Nc1ccccc1-c1ccc(CN2C(=O)[C@H](NC(=O)OCC(C)(C)NC[C@H](O)CO)CCc3cc(C(F)(F)F)ccc32)cc1. The molecule has 6 N–H and O–H groups in total. The van der Waals surface area contributed by atoms with E-state index in [2.05, 4.69) is 21.3 Å². The molecule has 4 amide bonds. The lowest BCUT2D eigenvalue weighted by Gasteiger charge is -2.28. The third-order valence-corrected chi connectivity index (χ3v) is 7.86. The molecule has 1 aliphatic rings. The molecule has 48 heavy (non-hydrogen) atoms. The summed E-state index contributed by atoms with van der Waals surface area (Å²) in [6.45, 7) is 2.94. The predicted octanol–water partition coefficient (Wildman–Crippen LogP) is 4.42. The second kappa shape index (κ2) is 15.5. The number of alkyl carbamates (subject to hydrolysis) is 1. The van der Waals surface area contributed by atoms with E-state index in [1.807, 2.05) is 24.3 Å². The largest absolute Gasteiger partial charge is 0.448 e. The van der Waals surface area contributed by atoms with Crippen LogP contribution in [0.25, 0.3) is 11.1 Å². The third kappa shape index (κ3) is 9.46. The van der Waals surface area contributed by atoms with Gasteiger partial charge in [0.2, 0.25) is 5.91 Å². The van der Waals surface area contributed by atoms with Crippen LogP contribution in [0.4, 0.5) is 34.1 Å². The second-order valence-electron chi connectivity index (χ2n) is 12.1. The number of nitrogens with one attached hydrogen (secondary N) is 4. The minimum absolute atomic E-state index is 0.00692. The number of para-hydroxylation sites is 1. The maximum absolute atomic E-state index is 13.9. The molecule has 0 radical (unpaired) electrons. The first kappa shape index (κ1) is 36.2. The molecular weight excluding hydrogens is 631 g/mol. The standard InChI is InChI=1S/C34H40F3N5O6/c1-33(2,39-17-25(44)19-43)20-48-32(47)41-28-14-12-23-16-24(34(35,36)37)13-15-29(23)42(30(28)45)18-21-8-10-22(11-9-21)26-6-4-5-7-27(26)40-31(46)38-3/h4-11,13,15-16,25,28,39,43-44H,12,14,17-20H2,1-3H3,(H,41,47)(H2,38,40,46)/t25-,28+/m0/s1. The van der Waals surface area contributed by atoms with Crippen LogP contribution in [0.15, 0.2) is 66.7 Å². The Bertz CT molecular complexity index is 1600. The monoisotopic (exact) mass is 671 g/mol. The van der Waals surface area contributed by atoms with Crippen LogP contribution in [0.3, 0.4) is 0 Å². The van der Waals surface area contributed by atoms with Gasteiger partial charge in [0.25, 0.3) is 0 Å². The summed E-state index contributed by atoms with van der Waals surface area (Å²) in [5.41, 5.74) is 1.82. The highest BCUT2D eigenvalue weighted by molar-refractivity contribution is 6.00. The molecule has 3 aromatic carbocycles. The first-order valence-corrected chi connectivity index (χ1v) is 15.4. The number of β-amino-alcohol motifs (C(OH)–C–C–N with tert-alkyl or cyclic N) is 1. The molecule has 4 rings (SSSR count). The summed E-state index contributed by atoms with van der Waals surface area (Å²) < 4.78 is 46.2. The highest BCUT2D eigenvalue weighted by atomic mass is 19.4. The van der Waals surface area contributed by atoms with Crippen molar-refractivity contribution in [3.8, 4) is 11.1 Å². The highest BCUT2D eigenvalue weighted by Crippen LogP contribution is 2.36. The van der Waals surface area contributed by atoms with Gasteiger partial charge in [-0.3, -0.25) is 4.79 Å². The number of carbonyl (C=O) groups excluding carboxylic acids is 3. The molecule has 14 heteroatoms. The van der Waals surface area contributed by atoms with Gasteiger partial charge < -0.3 is 41.1 Å². The number of amides is 4. The van der Waals surface area contributed by atoms with Crippen LogP contribution in [0.5, 0.6) is 0 Å². The molecule has 0 spiro atoms. The van der Waals surface area contributed by atoms with Gasteiger partial charge in [-0.1, -0.05) is 42.5 Å². The van der Waals surface area contributed by atoms with Crippen LogP contribution in [0.2, 0.25) is 0 Å². The number of fused-ring (bicyclic) bond motifs is 1. The minimum atomic E-state index is -4.58. The van der Waals surface area contributed by atoms with E-state index in [1.54, 1.807) is 38.1 Å². The Hall–Kier alpha value is -4.66. The Morgan fingerprint density at radius 1 is 1.06 bits per heavy atom. The summed E-state index contributed by atoms with van der Waals surface area (Å²) in [7, 11) is 1.51. The second-order valence-corrected chi connectivity index (χ2v) is 12.1. The number of aliphatic hydroxyl groups excluding tert-OH is 2. The highest BCUT2D eigenvalue weighted by Gasteiger charge is 2.36. The van der Waals surface area contributed by atoms with Gasteiger partial charge in [0.05, 0.1) is 30.5 Å². The van der Waals surface area contributed by atoms with E-state index < -0.39 is 48.0 Å². The summed E-state index contributed by atoms with van der Waals surface area (Å²) in [5, 5.41) is 29.5. The van der Waals surface area contributed by atoms with E-state index in [4.69, 9.17) is 9.84 Å². The normalized spacial score (nSPS) is 15.6. The molecule has 0 bridgehead atoms. The van der Waals surface area contributed by atoms with Crippen molar-refractivity contribution in [2.75, 3.05) is 37.0 Å². The molecular formula is C34H40F3N5O6. The number of benzene rings is 3. The zero-order chi connectivity index (χ0) is 35.1. The molecule has 1 aliphatic heterocycles. The number of alkyl halides is 3. The quantitative estimate of drug-likeness (QED) is 0.177. The summed E-state index contributed by atoms with van der Waals surface area (Å²) >= 11 is 0. The molecule has 11 nitrogen and oxygen atoms in total. The Morgan fingerprint density at radius 2 is 1.77 bits per heavy atom. The van der Waals surface area contributed by atoms with Crippen molar-refractivity contribution in [1.29, 1.82) is 0 Å². The summed E-state index contributed by atoms with van der Waals surface area (Å²) in [6, 6.07) is 16.2. The van der Waals surface area contributed by atoms with Gasteiger partial charge >= 0.3 is 18.3 Å². The van der Waals surface area contributed by atoms with Crippen molar-refractivity contribution < 1.29 is 42.5 Å². The Balaban J connectivity index is 1.56. The van der Waals surface area contributed by atoms with Gasteiger partial charge in [-0.2, -0.15) is 13.2 Å². The molecule has 0 fully saturated rings. The van der Waals surface area contributed by atoms with E-state index in [-0.39, 0.29) is 38.6 Å². The lowest BCUT2D eigenvalue weighted by molar-refractivity contribution is -0.137. The molecule has 0 unspecified atom stereocenters. The van der Waals surface area contributed by atoms with Crippen molar-refractivity contribution in [3.05, 3.63) is 83.4 Å². The average Bonchev–Trinajstić information content (AvgIpc) is 3.18. The number of urea groups is 1. The number of halogens is 3. The predicted molar refractivity (Wildman–Crippen MR) is 174 cm³/mol. The fourth-order valence-corrected chi connectivity index (χ4v) is 5.19. The number of aliphatic hydroxyl groups is 2. The Labute approximate surface area is 276 Å². The summed E-state index contributed by atoms with van der Waals surface area (Å²) in [5.74, 6) is -0.516. The van der Waals surface area contributed by atoms with Crippen LogP contribution in [-0.4, -0.2) is 72.7 Å². The number of aryl methyl sites for hydroxylation is 1. The van der Waals surface area contributed by atoms with E-state index in [0.717, 1.165) is 23.3 Å². The van der Waals surface area contributed by atoms with Crippen molar-refractivity contribution in [2.24, 2.45) is 0 Å². The maximum atomic E-state index is 13.9. The smallest absolute Gasteiger partial charge is 0.416 e. The van der Waals surface area contributed by atoms with Crippen LogP contribution < -0.4 is 26.2 Å². The number of anilines is 2.